The van der Waals surface area contributed by atoms with E-state index < -0.39 is 0 Å². The maximum atomic E-state index is 12.9. The number of nitrogens with zero attached hydrogens (tertiary/aromatic N) is 3. The van der Waals surface area contributed by atoms with Gasteiger partial charge in [-0.15, -0.1) is 0 Å². The van der Waals surface area contributed by atoms with Crippen molar-refractivity contribution in [3.05, 3.63) is 119 Å². The molecule has 0 fully saturated rings. The third-order valence-corrected chi connectivity index (χ3v) is 5.58. The van der Waals surface area contributed by atoms with Gasteiger partial charge in [-0.1, -0.05) is 72.8 Å². The van der Waals surface area contributed by atoms with E-state index in [2.05, 4.69) is 51.7 Å². The lowest BCUT2D eigenvalue weighted by Crippen LogP contribution is -2.24. The topological polar surface area (TPSA) is 59.8 Å². The van der Waals surface area contributed by atoms with Gasteiger partial charge >= 0.3 is 0 Å². The summed E-state index contributed by atoms with van der Waals surface area (Å²) in [6.45, 7) is 2.02. The van der Waals surface area contributed by atoms with E-state index in [1.807, 2.05) is 55.5 Å². The summed E-state index contributed by atoms with van der Waals surface area (Å²) in [6.07, 6.45) is 1.74. The largest absolute Gasteiger partial charge is 0.324 e. The van der Waals surface area contributed by atoms with Crippen LogP contribution in [-0.4, -0.2) is 14.5 Å². The fraction of sp³-hybridized carbons (Fsp3) is 0.0741. The lowest BCUT2D eigenvalue weighted by Gasteiger charge is -2.18. The van der Waals surface area contributed by atoms with Gasteiger partial charge in [0.25, 0.3) is 5.56 Å². The number of pyridine rings is 1. The van der Waals surface area contributed by atoms with E-state index in [1.54, 1.807) is 22.9 Å². The zero-order valence-electron chi connectivity index (χ0n) is 17.6. The molecule has 32 heavy (non-hydrogen) atoms. The van der Waals surface area contributed by atoms with Crippen molar-refractivity contribution >= 4 is 22.7 Å². The predicted molar refractivity (Wildman–Crippen MR) is 129 cm³/mol. The second-order valence-electron chi connectivity index (χ2n) is 7.67. The van der Waals surface area contributed by atoms with E-state index in [9.17, 15) is 4.79 Å². The van der Waals surface area contributed by atoms with Crippen LogP contribution in [0.3, 0.4) is 0 Å². The smallest absolute Gasteiger partial charge is 0.252 e. The first kappa shape index (κ1) is 19.7. The summed E-state index contributed by atoms with van der Waals surface area (Å²) < 4.78 is 1.73. The quantitative estimate of drug-likeness (QED) is 0.391. The Morgan fingerprint density at radius 3 is 2.16 bits per heavy atom. The molecule has 0 aliphatic carbocycles. The molecule has 3 aromatic carbocycles. The van der Waals surface area contributed by atoms with Gasteiger partial charge in [0.15, 0.2) is 0 Å². The van der Waals surface area contributed by atoms with Gasteiger partial charge < -0.3 is 5.32 Å². The number of para-hydroxylation sites is 1. The molecule has 0 radical (unpaired) electrons. The summed E-state index contributed by atoms with van der Waals surface area (Å²) in [7, 11) is 0. The maximum absolute atomic E-state index is 12.9. The number of anilines is 2. The second-order valence-corrected chi connectivity index (χ2v) is 7.67. The molecule has 1 atom stereocenters. The van der Waals surface area contributed by atoms with Crippen LogP contribution in [0.1, 0.15) is 18.5 Å². The minimum absolute atomic E-state index is 0.0958. The lowest BCUT2D eigenvalue weighted by atomic mass is 10.0. The minimum atomic E-state index is -0.185. The third kappa shape index (κ3) is 3.88. The van der Waals surface area contributed by atoms with Crippen LogP contribution in [0, 0.1) is 0 Å². The monoisotopic (exact) mass is 418 g/mol. The summed E-state index contributed by atoms with van der Waals surface area (Å²) in [5, 5.41) is 4.03. The average Bonchev–Trinajstić information content (AvgIpc) is 2.85. The van der Waals surface area contributed by atoms with Crippen LogP contribution < -0.4 is 10.9 Å². The fourth-order valence-corrected chi connectivity index (χ4v) is 3.86. The average molecular weight is 419 g/mol. The molecule has 1 N–H and O–H groups in total. The van der Waals surface area contributed by atoms with Gasteiger partial charge in [-0.3, -0.25) is 9.36 Å². The van der Waals surface area contributed by atoms with Crippen molar-refractivity contribution < 1.29 is 0 Å². The first-order valence-corrected chi connectivity index (χ1v) is 10.5. The van der Waals surface area contributed by atoms with E-state index >= 15 is 0 Å². The van der Waals surface area contributed by atoms with Crippen LogP contribution in [0.4, 0.5) is 11.6 Å². The molecule has 0 saturated heterocycles. The summed E-state index contributed by atoms with van der Waals surface area (Å²) >= 11 is 0. The Labute approximate surface area is 186 Å². The molecule has 0 aliphatic rings. The van der Waals surface area contributed by atoms with E-state index in [-0.39, 0.29) is 11.6 Å². The highest BCUT2D eigenvalue weighted by molar-refractivity contribution is 5.76. The Kier molecular flexibility index (Phi) is 5.22. The third-order valence-electron chi connectivity index (χ3n) is 5.58. The number of hydrogen-bond acceptors (Lipinski definition) is 4. The molecule has 0 saturated carbocycles. The molecule has 1 unspecified atom stereocenters. The molecule has 2 aromatic heterocycles. The molecule has 0 amide bonds. The Bertz CT molecular complexity index is 1410. The molecule has 0 bridgehead atoms. The van der Waals surface area contributed by atoms with Crippen LogP contribution >= 0.6 is 0 Å². The highest BCUT2D eigenvalue weighted by Gasteiger charge is 2.15. The van der Waals surface area contributed by atoms with Crippen molar-refractivity contribution in [1.82, 2.24) is 14.5 Å². The SMILES string of the molecule is CC(c1ccc(-c2ccccc2)cc1)n1c(=O)ccc2cnc(Nc3ccccc3)nc21. The fourth-order valence-electron chi connectivity index (χ4n) is 3.86. The number of benzene rings is 3. The number of aromatic nitrogens is 3. The van der Waals surface area contributed by atoms with Crippen LogP contribution in [0.25, 0.3) is 22.2 Å². The number of nitrogens with one attached hydrogen (secondary N) is 1. The molecule has 156 valence electrons. The summed E-state index contributed by atoms with van der Waals surface area (Å²) in [5.74, 6) is 0.453. The number of fused-ring (bicyclic) bond motifs is 1. The molecule has 0 spiro atoms. The normalized spacial score (nSPS) is 11.9. The molecular weight excluding hydrogens is 396 g/mol. The van der Waals surface area contributed by atoms with Gasteiger partial charge in [-0.05, 0) is 41.8 Å². The van der Waals surface area contributed by atoms with Crippen LogP contribution in [0.2, 0.25) is 0 Å². The first-order valence-electron chi connectivity index (χ1n) is 10.5. The van der Waals surface area contributed by atoms with Gasteiger partial charge in [0.05, 0.1) is 6.04 Å². The van der Waals surface area contributed by atoms with E-state index in [0.29, 0.717) is 11.6 Å². The predicted octanol–water partition coefficient (Wildman–Crippen LogP) is 5.81. The van der Waals surface area contributed by atoms with Crippen LogP contribution in [0.15, 0.2) is 108 Å². The Morgan fingerprint density at radius 1 is 0.781 bits per heavy atom. The Morgan fingerprint density at radius 2 is 1.44 bits per heavy atom. The lowest BCUT2D eigenvalue weighted by molar-refractivity contribution is 0.633. The van der Waals surface area contributed by atoms with Gasteiger partial charge in [0.2, 0.25) is 5.95 Å². The molecule has 2 heterocycles. The van der Waals surface area contributed by atoms with Crippen LogP contribution in [-0.2, 0) is 0 Å². The first-order chi connectivity index (χ1) is 15.7. The zero-order valence-corrected chi connectivity index (χ0v) is 17.6. The molecule has 0 aliphatic heterocycles. The minimum Gasteiger partial charge on any atom is -0.324 e. The number of rotatable bonds is 5. The Balaban J connectivity index is 1.53. The summed E-state index contributed by atoms with van der Waals surface area (Å²) in [6, 6.07) is 31.5. The van der Waals surface area contributed by atoms with Crippen molar-refractivity contribution in [2.45, 2.75) is 13.0 Å². The standard InChI is InChI=1S/C27H22N4O/c1-19(20-12-14-22(15-13-20)21-8-4-2-5-9-21)31-25(32)17-16-23-18-28-27(30-26(23)31)29-24-10-6-3-7-11-24/h2-19H,1H3,(H,28,29,30). The van der Waals surface area contributed by atoms with Crippen molar-refractivity contribution in [1.29, 1.82) is 0 Å². The van der Waals surface area contributed by atoms with Crippen molar-refractivity contribution in [2.75, 3.05) is 5.32 Å². The second kappa shape index (κ2) is 8.47. The Hall–Kier alpha value is -4.25. The highest BCUT2D eigenvalue weighted by Crippen LogP contribution is 2.25. The highest BCUT2D eigenvalue weighted by atomic mass is 16.1. The zero-order chi connectivity index (χ0) is 21.9. The number of hydrogen-bond donors (Lipinski definition) is 1. The van der Waals surface area contributed by atoms with Gasteiger partial charge in [0, 0.05) is 23.3 Å². The molecule has 5 nitrogen and oxygen atoms in total. The molecule has 5 heteroatoms. The van der Waals surface area contributed by atoms with Gasteiger partial charge in [-0.2, -0.15) is 4.98 Å². The molecular formula is C27H22N4O. The van der Waals surface area contributed by atoms with Gasteiger partial charge in [-0.25, -0.2) is 4.98 Å². The van der Waals surface area contributed by atoms with E-state index in [0.717, 1.165) is 22.2 Å². The van der Waals surface area contributed by atoms with Gasteiger partial charge in [0.1, 0.15) is 5.65 Å². The van der Waals surface area contributed by atoms with Crippen molar-refractivity contribution in [3.63, 3.8) is 0 Å². The van der Waals surface area contributed by atoms with Crippen LogP contribution in [0.5, 0.6) is 0 Å². The van der Waals surface area contributed by atoms with Crippen molar-refractivity contribution in [3.8, 4) is 11.1 Å². The molecule has 5 aromatic rings. The molecule has 5 rings (SSSR count). The maximum Gasteiger partial charge on any atom is 0.252 e. The van der Waals surface area contributed by atoms with E-state index in [1.165, 1.54) is 5.56 Å². The summed E-state index contributed by atoms with van der Waals surface area (Å²) in [5.41, 5.74) is 4.74. The van der Waals surface area contributed by atoms with Crippen molar-refractivity contribution in [2.24, 2.45) is 0 Å². The van der Waals surface area contributed by atoms with E-state index in [4.69, 9.17) is 0 Å². The summed E-state index contributed by atoms with van der Waals surface area (Å²) in [4.78, 5) is 22.0.